The molecule has 0 aliphatic heterocycles. The molecule has 1 heterocycles. The molecular weight excluding hydrogens is 478 g/mol. The second kappa shape index (κ2) is 15.4. The Morgan fingerprint density at radius 1 is 1.17 bits per heavy atom. The van der Waals surface area contributed by atoms with Crippen LogP contribution in [0, 0.1) is 0 Å². The SMILES string of the molecule is CC(=O)[OH2+].CC(=O)[OH2+].Oc1c(Cl)cc(Cl)cc1C=N[N-]C(=[OH+])c1ccncc1.[Zn+2]. The quantitative estimate of drug-likeness (QED) is 0.297. The smallest absolute Gasteiger partial charge is 0.565 e. The number of hydrogen-bond acceptors (Lipinski definition) is 5. The average Bonchev–Trinajstić information content (AvgIpc) is 2.58. The van der Waals surface area contributed by atoms with Gasteiger partial charge in [-0.15, -0.1) is 0 Å². The molecule has 0 radical (unpaired) electrons. The van der Waals surface area contributed by atoms with Crippen LogP contribution in [0.1, 0.15) is 25.0 Å². The van der Waals surface area contributed by atoms with Crippen molar-refractivity contribution >= 4 is 47.3 Å². The van der Waals surface area contributed by atoms with Gasteiger partial charge in [0.25, 0.3) is 5.91 Å². The molecule has 1 amide bonds. The minimum absolute atomic E-state index is 0. The van der Waals surface area contributed by atoms with Crippen molar-refractivity contribution in [1.29, 1.82) is 0 Å². The minimum Gasteiger partial charge on any atom is -0.565 e. The Balaban J connectivity index is 0. The Morgan fingerprint density at radius 3 is 2.14 bits per heavy atom. The van der Waals surface area contributed by atoms with Crippen LogP contribution in [0.5, 0.6) is 5.75 Å². The molecular formula is C17H19Cl2N3O6Zn+4. The fourth-order valence-electron chi connectivity index (χ4n) is 1.39. The summed E-state index contributed by atoms with van der Waals surface area (Å²) in [6, 6.07) is 6.06. The first-order valence-corrected chi connectivity index (χ1v) is 8.12. The predicted octanol–water partition coefficient (Wildman–Crippen LogP) is 1.86. The number of rotatable bonds is 3. The summed E-state index contributed by atoms with van der Waals surface area (Å²) in [5, 5.41) is 25.7. The van der Waals surface area contributed by atoms with Crippen LogP contribution >= 0.6 is 23.2 Å². The summed E-state index contributed by atoms with van der Waals surface area (Å²) in [6.07, 6.45) is 4.28. The second-order valence-corrected chi connectivity index (χ2v) is 5.69. The molecule has 6 N–H and O–H groups in total. The van der Waals surface area contributed by atoms with Gasteiger partial charge in [0, 0.05) is 38.8 Å². The number of carbonyl (C=O) groups is 2. The average molecular weight is 498 g/mol. The largest absolute Gasteiger partial charge is 2.00 e. The molecule has 0 spiro atoms. The van der Waals surface area contributed by atoms with Crippen molar-refractivity contribution in [3.8, 4) is 5.75 Å². The molecule has 12 heteroatoms. The molecule has 1 aromatic heterocycles. The van der Waals surface area contributed by atoms with Crippen LogP contribution in [0.4, 0.5) is 0 Å². The number of aromatic nitrogens is 1. The zero-order chi connectivity index (χ0) is 21.7. The normalized spacial score (nSPS) is 9.10. The Bertz CT molecular complexity index is 831. The van der Waals surface area contributed by atoms with Crippen LogP contribution in [0.25, 0.3) is 5.43 Å². The van der Waals surface area contributed by atoms with Crippen molar-refractivity contribution < 1.29 is 49.2 Å². The first-order chi connectivity index (χ1) is 13.0. The van der Waals surface area contributed by atoms with Gasteiger partial charge in [0.2, 0.25) is 0 Å². The van der Waals surface area contributed by atoms with Crippen LogP contribution in [0.2, 0.25) is 10.0 Å². The summed E-state index contributed by atoms with van der Waals surface area (Å²) in [5.74, 6) is -1.59. The topological polar surface area (TPSA) is 161 Å². The summed E-state index contributed by atoms with van der Waals surface area (Å²) in [6.45, 7) is 2.39. The number of benzene rings is 1. The van der Waals surface area contributed by atoms with E-state index in [9.17, 15) is 9.90 Å². The molecule has 0 unspecified atom stereocenters. The molecule has 0 fully saturated rings. The van der Waals surface area contributed by atoms with E-state index in [0.717, 1.165) is 0 Å². The molecule has 1 aromatic carbocycles. The number of aromatic hydroxyl groups is 1. The molecule has 0 bridgehead atoms. The first kappa shape index (κ1) is 28.7. The van der Waals surface area contributed by atoms with Crippen molar-refractivity contribution in [2.24, 2.45) is 5.10 Å². The van der Waals surface area contributed by atoms with Gasteiger partial charge >= 0.3 is 31.4 Å². The summed E-state index contributed by atoms with van der Waals surface area (Å²) in [4.78, 5) is 31.7. The second-order valence-electron chi connectivity index (χ2n) is 4.84. The van der Waals surface area contributed by atoms with Crippen LogP contribution in [0.15, 0.2) is 41.8 Å². The van der Waals surface area contributed by atoms with Gasteiger partial charge in [-0.05, 0) is 24.3 Å². The summed E-state index contributed by atoms with van der Waals surface area (Å²) >= 11 is 11.6. The molecule has 9 nitrogen and oxygen atoms in total. The Labute approximate surface area is 189 Å². The van der Waals surface area contributed by atoms with Gasteiger partial charge in [-0.2, -0.15) is 0 Å². The minimum atomic E-state index is -0.583. The summed E-state index contributed by atoms with van der Waals surface area (Å²) in [7, 11) is 0. The molecule has 0 atom stereocenters. The standard InChI is InChI=1S/C13H9Cl2N3O2.2C2H4O2.Zn/c14-10-5-9(12(19)11(15)6-10)7-17-18-13(20)8-1-3-16-4-2-8;2*1-2(3)4;/h1-7H,(H2,16,17,18,19,20);2*1H3,(H,3,4);/q;;;+2/p+2. The van der Waals surface area contributed by atoms with Crippen LogP contribution in [0.3, 0.4) is 0 Å². The van der Waals surface area contributed by atoms with Gasteiger partial charge < -0.3 is 25.8 Å². The van der Waals surface area contributed by atoms with E-state index in [1.54, 1.807) is 12.1 Å². The van der Waals surface area contributed by atoms with Crippen molar-refractivity contribution in [2.45, 2.75) is 13.8 Å². The number of halogens is 2. The van der Waals surface area contributed by atoms with E-state index in [1.165, 1.54) is 44.6 Å². The third-order valence-electron chi connectivity index (χ3n) is 2.35. The molecule has 2 rings (SSSR count). The number of phenolic OH excluding ortho intramolecular Hbond substituents is 1. The van der Waals surface area contributed by atoms with Crippen LogP contribution < -0.4 is 0 Å². The fraction of sp³-hybridized carbons (Fsp3) is 0.118. The van der Waals surface area contributed by atoms with Gasteiger partial charge in [-0.3, -0.25) is 9.78 Å². The van der Waals surface area contributed by atoms with Crippen molar-refractivity contribution in [3.63, 3.8) is 0 Å². The predicted molar refractivity (Wildman–Crippen MR) is 108 cm³/mol. The molecule has 0 aliphatic rings. The molecule has 29 heavy (non-hydrogen) atoms. The van der Waals surface area contributed by atoms with E-state index < -0.39 is 11.9 Å². The number of nitrogens with zero attached hydrogens (tertiary/aromatic N) is 3. The molecule has 2 aromatic rings. The van der Waals surface area contributed by atoms with Gasteiger partial charge in [0.15, 0.2) is 0 Å². The van der Waals surface area contributed by atoms with Crippen LogP contribution in [-0.2, 0) is 29.1 Å². The first-order valence-electron chi connectivity index (χ1n) is 7.37. The Kier molecular flexibility index (Phi) is 15.2. The maximum absolute atomic E-state index is 9.70. The molecule has 0 saturated carbocycles. The van der Waals surface area contributed by atoms with Gasteiger partial charge in [-0.25, -0.2) is 0 Å². The third-order valence-corrected chi connectivity index (χ3v) is 2.85. The Hall–Kier alpha value is -2.55. The zero-order valence-corrected chi connectivity index (χ0v) is 20.0. The monoisotopic (exact) mass is 495 g/mol. The van der Waals surface area contributed by atoms with Gasteiger partial charge in [0.1, 0.15) is 5.75 Å². The molecule has 150 valence electrons. The van der Waals surface area contributed by atoms with E-state index >= 15 is 0 Å². The Morgan fingerprint density at radius 2 is 1.66 bits per heavy atom. The van der Waals surface area contributed by atoms with Crippen molar-refractivity contribution in [1.82, 2.24) is 4.98 Å². The third kappa shape index (κ3) is 14.2. The van der Waals surface area contributed by atoms with Gasteiger partial charge in [-0.1, -0.05) is 23.2 Å². The van der Waals surface area contributed by atoms with E-state index in [4.69, 9.17) is 43.0 Å². The van der Waals surface area contributed by atoms with Gasteiger partial charge in [0.05, 0.1) is 24.4 Å². The zero-order valence-electron chi connectivity index (χ0n) is 15.6. The van der Waals surface area contributed by atoms with E-state index in [-0.39, 0.29) is 36.2 Å². The summed E-state index contributed by atoms with van der Waals surface area (Å²) in [5.41, 5.74) is 4.38. The van der Waals surface area contributed by atoms with Crippen molar-refractivity contribution in [2.75, 3.05) is 0 Å². The van der Waals surface area contributed by atoms with Crippen LogP contribution in [-0.4, -0.2) is 49.2 Å². The summed E-state index contributed by atoms with van der Waals surface area (Å²) < 4.78 is 0. The van der Waals surface area contributed by atoms with E-state index in [1.807, 2.05) is 0 Å². The fourth-order valence-corrected chi connectivity index (χ4v) is 1.90. The van der Waals surface area contributed by atoms with E-state index in [2.05, 4.69) is 15.5 Å². The number of hydrogen-bond donors (Lipinski definition) is 1. The number of amides is 1. The van der Waals surface area contributed by atoms with Crippen molar-refractivity contribution in [3.05, 3.63) is 63.3 Å². The molecule has 0 aliphatic carbocycles. The number of pyridine rings is 1. The number of phenols is 1. The number of carbonyl (C=O) groups excluding carboxylic acids is 3. The molecule has 0 saturated heterocycles. The van der Waals surface area contributed by atoms with E-state index in [0.29, 0.717) is 16.1 Å². The maximum Gasteiger partial charge on any atom is 2.00 e. The maximum atomic E-state index is 9.70.